The van der Waals surface area contributed by atoms with Crippen molar-refractivity contribution in [1.29, 1.82) is 0 Å². The molecule has 4 rings (SSSR count). The number of benzene rings is 2. The zero-order chi connectivity index (χ0) is 17.4. The molecule has 3 atom stereocenters. The molecule has 0 unspecified atom stereocenters. The minimum atomic E-state index is -0.359. The fourth-order valence-electron chi connectivity index (χ4n) is 4.55. The van der Waals surface area contributed by atoms with E-state index in [0.717, 1.165) is 6.54 Å². The van der Waals surface area contributed by atoms with E-state index >= 15 is 0 Å². The van der Waals surface area contributed by atoms with Crippen molar-refractivity contribution in [3.63, 3.8) is 0 Å². The van der Waals surface area contributed by atoms with E-state index < -0.39 is 0 Å². The lowest BCUT2D eigenvalue weighted by Crippen LogP contribution is -2.48. The van der Waals surface area contributed by atoms with Gasteiger partial charge in [0.05, 0.1) is 12.6 Å². The highest BCUT2D eigenvalue weighted by molar-refractivity contribution is 6.07. The molecule has 3 nitrogen and oxygen atoms in total. The van der Waals surface area contributed by atoms with Crippen LogP contribution in [0.15, 0.2) is 48.5 Å². The molecule has 132 valence electrons. The van der Waals surface area contributed by atoms with Crippen LogP contribution in [0.3, 0.4) is 0 Å². The number of hydrogen-bond acceptors (Lipinski definition) is 2. The molecule has 1 N–H and O–H groups in total. The smallest absolute Gasteiger partial charge is 0.0846 e. The maximum Gasteiger partial charge on any atom is 0.0846 e. The summed E-state index contributed by atoms with van der Waals surface area (Å²) in [5, 5.41) is 13.4. The van der Waals surface area contributed by atoms with Crippen LogP contribution in [-0.2, 0) is 6.54 Å². The Labute approximate surface area is 149 Å². The van der Waals surface area contributed by atoms with Crippen molar-refractivity contribution < 1.29 is 5.11 Å². The molecule has 1 fully saturated rings. The first-order valence-electron chi connectivity index (χ1n) is 9.55. The third kappa shape index (κ3) is 3.07. The molecule has 0 spiro atoms. The number of fused-ring (bicyclic) bond motifs is 3. The van der Waals surface area contributed by atoms with E-state index in [1.54, 1.807) is 0 Å². The summed E-state index contributed by atoms with van der Waals surface area (Å²) < 4.78 is 2.29. The Morgan fingerprint density at radius 3 is 1.96 bits per heavy atom. The lowest BCUT2D eigenvalue weighted by atomic mass is 9.97. The van der Waals surface area contributed by atoms with Crippen LogP contribution in [0.1, 0.15) is 33.1 Å². The van der Waals surface area contributed by atoms with E-state index in [1.807, 2.05) is 0 Å². The van der Waals surface area contributed by atoms with Gasteiger partial charge in [0.1, 0.15) is 0 Å². The van der Waals surface area contributed by atoms with Gasteiger partial charge in [-0.2, -0.15) is 0 Å². The van der Waals surface area contributed by atoms with Gasteiger partial charge >= 0.3 is 0 Å². The van der Waals surface area contributed by atoms with Crippen LogP contribution in [0, 0.1) is 0 Å². The van der Waals surface area contributed by atoms with Gasteiger partial charge in [-0.05, 0) is 38.8 Å². The topological polar surface area (TPSA) is 28.4 Å². The van der Waals surface area contributed by atoms with Crippen LogP contribution in [0.4, 0.5) is 0 Å². The van der Waals surface area contributed by atoms with Gasteiger partial charge in [-0.15, -0.1) is 0 Å². The average molecular weight is 336 g/mol. The van der Waals surface area contributed by atoms with Crippen LogP contribution >= 0.6 is 0 Å². The summed E-state index contributed by atoms with van der Waals surface area (Å²) in [7, 11) is 0. The minimum absolute atomic E-state index is 0.359. The van der Waals surface area contributed by atoms with Crippen LogP contribution < -0.4 is 0 Å². The number of hydrogen-bond donors (Lipinski definition) is 1. The van der Waals surface area contributed by atoms with Gasteiger partial charge in [0.15, 0.2) is 0 Å². The molecule has 25 heavy (non-hydrogen) atoms. The van der Waals surface area contributed by atoms with Crippen LogP contribution in [0.5, 0.6) is 0 Å². The SMILES string of the molecule is C[C@@H]1CCC[C@@H](C)N1C[C@@H](O)Cn1c2ccccc2c2ccccc21. The van der Waals surface area contributed by atoms with Gasteiger partial charge in [-0.1, -0.05) is 42.8 Å². The highest BCUT2D eigenvalue weighted by Gasteiger charge is 2.26. The van der Waals surface area contributed by atoms with Crippen molar-refractivity contribution in [1.82, 2.24) is 9.47 Å². The number of β-amino-alcohol motifs (C(OH)–C–C–N with tert-alkyl or cyclic N) is 1. The third-order valence-electron chi connectivity index (χ3n) is 5.87. The summed E-state index contributed by atoms with van der Waals surface area (Å²) in [6.45, 7) is 5.98. The molecule has 0 bridgehead atoms. The summed E-state index contributed by atoms with van der Waals surface area (Å²) in [4.78, 5) is 2.49. The molecule has 1 saturated heterocycles. The predicted molar refractivity (Wildman–Crippen MR) is 105 cm³/mol. The van der Waals surface area contributed by atoms with Crippen molar-refractivity contribution in [3.8, 4) is 0 Å². The Morgan fingerprint density at radius 1 is 0.880 bits per heavy atom. The Bertz CT molecular complexity index is 805. The number of likely N-dealkylation sites (tertiary alicyclic amines) is 1. The molecule has 1 aliphatic rings. The maximum absolute atomic E-state index is 10.9. The molecule has 1 aliphatic heterocycles. The maximum atomic E-state index is 10.9. The second-order valence-electron chi connectivity index (χ2n) is 7.62. The van der Waals surface area contributed by atoms with Gasteiger partial charge < -0.3 is 9.67 Å². The van der Waals surface area contributed by atoms with E-state index in [9.17, 15) is 5.11 Å². The lowest BCUT2D eigenvalue weighted by molar-refractivity contribution is 0.0357. The molecule has 0 saturated carbocycles. The van der Waals surface area contributed by atoms with E-state index in [0.29, 0.717) is 18.6 Å². The third-order valence-corrected chi connectivity index (χ3v) is 5.87. The number of aliphatic hydroxyl groups is 1. The van der Waals surface area contributed by atoms with Gasteiger partial charge in [-0.25, -0.2) is 0 Å². The fourth-order valence-corrected chi connectivity index (χ4v) is 4.55. The standard InChI is InChI=1S/C22H28N2O/c1-16-8-7-9-17(2)23(16)14-18(25)15-24-21-12-5-3-10-19(21)20-11-4-6-13-22(20)24/h3-6,10-13,16-18,25H,7-9,14-15H2,1-2H3/t16-,17-,18-/m1/s1. The summed E-state index contributed by atoms with van der Waals surface area (Å²) in [6.07, 6.45) is 3.43. The van der Waals surface area contributed by atoms with Gasteiger partial charge in [0.25, 0.3) is 0 Å². The highest BCUT2D eigenvalue weighted by atomic mass is 16.3. The molecule has 0 aliphatic carbocycles. The molecular weight excluding hydrogens is 308 g/mol. The van der Waals surface area contributed by atoms with Crippen molar-refractivity contribution in [3.05, 3.63) is 48.5 Å². The van der Waals surface area contributed by atoms with E-state index in [4.69, 9.17) is 0 Å². The summed E-state index contributed by atoms with van der Waals surface area (Å²) in [5.41, 5.74) is 2.42. The number of piperidine rings is 1. The first-order valence-corrected chi connectivity index (χ1v) is 9.55. The second kappa shape index (κ2) is 6.81. The largest absolute Gasteiger partial charge is 0.390 e. The number of rotatable bonds is 4. The quantitative estimate of drug-likeness (QED) is 0.764. The fraction of sp³-hybridized carbons (Fsp3) is 0.455. The van der Waals surface area contributed by atoms with Gasteiger partial charge in [0, 0.05) is 40.4 Å². The minimum Gasteiger partial charge on any atom is -0.390 e. The van der Waals surface area contributed by atoms with Crippen LogP contribution in [-0.4, -0.2) is 39.3 Å². The molecule has 0 amide bonds. The number of aromatic nitrogens is 1. The van der Waals surface area contributed by atoms with Crippen molar-refractivity contribution in [2.75, 3.05) is 6.54 Å². The Morgan fingerprint density at radius 2 is 1.40 bits per heavy atom. The molecular formula is C22H28N2O. The molecule has 1 aromatic heterocycles. The van der Waals surface area contributed by atoms with Crippen LogP contribution in [0.2, 0.25) is 0 Å². The summed E-state index contributed by atoms with van der Waals surface area (Å²) in [6, 6.07) is 18.2. The molecule has 2 aromatic carbocycles. The van der Waals surface area contributed by atoms with Crippen LogP contribution in [0.25, 0.3) is 21.8 Å². The van der Waals surface area contributed by atoms with E-state index in [2.05, 4.69) is 71.8 Å². The Balaban J connectivity index is 1.63. The summed E-state index contributed by atoms with van der Waals surface area (Å²) >= 11 is 0. The van der Waals surface area contributed by atoms with Gasteiger partial charge in [0.2, 0.25) is 0 Å². The number of aliphatic hydroxyl groups excluding tert-OH is 1. The highest BCUT2D eigenvalue weighted by Crippen LogP contribution is 2.29. The normalized spacial score (nSPS) is 23.3. The van der Waals surface area contributed by atoms with E-state index in [1.165, 1.54) is 41.1 Å². The van der Waals surface area contributed by atoms with Crippen molar-refractivity contribution in [2.24, 2.45) is 0 Å². The zero-order valence-corrected chi connectivity index (χ0v) is 15.2. The monoisotopic (exact) mass is 336 g/mol. The Kier molecular flexibility index (Phi) is 4.53. The first kappa shape index (κ1) is 16.6. The zero-order valence-electron chi connectivity index (χ0n) is 15.2. The lowest BCUT2D eigenvalue weighted by Gasteiger charge is -2.40. The molecule has 2 heterocycles. The van der Waals surface area contributed by atoms with Crippen molar-refractivity contribution in [2.45, 2.75) is 57.8 Å². The molecule has 3 heteroatoms. The average Bonchev–Trinajstić information content (AvgIpc) is 2.93. The van der Waals surface area contributed by atoms with Crippen molar-refractivity contribution >= 4 is 21.8 Å². The second-order valence-corrected chi connectivity index (χ2v) is 7.62. The predicted octanol–water partition coefficient (Wildman–Crippen LogP) is 4.42. The van der Waals surface area contributed by atoms with Gasteiger partial charge in [-0.3, -0.25) is 4.90 Å². The number of para-hydroxylation sites is 2. The first-order chi connectivity index (χ1) is 12.1. The van der Waals surface area contributed by atoms with E-state index in [-0.39, 0.29) is 6.10 Å². The molecule has 0 radical (unpaired) electrons. The number of nitrogens with zero attached hydrogens (tertiary/aromatic N) is 2. The molecule has 3 aromatic rings. The Hall–Kier alpha value is -1.84. The summed E-state index contributed by atoms with van der Waals surface area (Å²) in [5.74, 6) is 0.